The van der Waals surface area contributed by atoms with Gasteiger partial charge in [-0.2, -0.15) is 0 Å². The molecule has 3 rings (SSSR count). The molecule has 0 aliphatic heterocycles. The van der Waals surface area contributed by atoms with Crippen LogP contribution in [0.5, 0.6) is 0 Å². The summed E-state index contributed by atoms with van der Waals surface area (Å²) in [5.41, 5.74) is 2.07. The summed E-state index contributed by atoms with van der Waals surface area (Å²) in [7, 11) is 0. The molecule has 0 atom stereocenters. The molecule has 124 valence electrons. The maximum atomic E-state index is 11.1. The molecule has 0 saturated carbocycles. The monoisotopic (exact) mass is 335 g/mol. The lowest BCUT2D eigenvalue weighted by Gasteiger charge is -2.18. The first-order valence-corrected chi connectivity index (χ1v) is 7.45. The van der Waals surface area contributed by atoms with Gasteiger partial charge in [0.1, 0.15) is 0 Å². The second kappa shape index (κ2) is 6.88. The molecule has 0 spiro atoms. The Bertz CT molecular complexity index is 871. The van der Waals surface area contributed by atoms with E-state index in [1.165, 1.54) is 24.3 Å². The molecular formula is C18H13N3O4. The molecule has 0 radical (unpaired) electrons. The summed E-state index contributed by atoms with van der Waals surface area (Å²) < 4.78 is 0. The number of hydrogen-bond donors (Lipinski definition) is 0. The minimum atomic E-state index is -0.461. The molecule has 1 aromatic heterocycles. The van der Waals surface area contributed by atoms with Gasteiger partial charge in [-0.1, -0.05) is 30.3 Å². The van der Waals surface area contributed by atoms with Crippen LogP contribution in [-0.4, -0.2) is 14.8 Å². The van der Waals surface area contributed by atoms with Crippen molar-refractivity contribution in [2.45, 2.75) is 5.92 Å². The van der Waals surface area contributed by atoms with E-state index in [1.807, 2.05) is 6.07 Å². The van der Waals surface area contributed by atoms with Gasteiger partial charge < -0.3 is 0 Å². The van der Waals surface area contributed by atoms with Gasteiger partial charge in [-0.25, -0.2) is 0 Å². The second-order valence-corrected chi connectivity index (χ2v) is 5.42. The Balaban J connectivity index is 2.17. The fraction of sp³-hybridized carbons (Fsp3) is 0.0556. The Kier molecular flexibility index (Phi) is 4.47. The molecule has 0 aliphatic carbocycles. The van der Waals surface area contributed by atoms with Crippen LogP contribution in [0.4, 0.5) is 11.4 Å². The van der Waals surface area contributed by atoms with Crippen molar-refractivity contribution in [1.82, 2.24) is 4.98 Å². The van der Waals surface area contributed by atoms with E-state index in [-0.39, 0.29) is 11.4 Å². The van der Waals surface area contributed by atoms with Crippen LogP contribution < -0.4 is 0 Å². The van der Waals surface area contributed by atoms with Gasteiger partial charge in [-0.3, -0.25) is 25.2 Å². The van der Waals surface area contributed by atoms with Crippen LogP contribution in [0.2, 0.25) is 0 Å². The smallest absolute Gasteiger partial charge is 0.264 e. The van der Waals surface area contributed by atoms with Gasteiger partial charge in [0.2, 0.25) is 0 Å². The summed E-state index contributed by atoms with van der Waals surface area (Å²) in [4.78, 5) is 25.4. The first kappa shape index (κ1) is 16.3. The third-order valence-corrected chi connectivity index (χ3v) is 3.85. The van der Waals surface area contributed by atoms with E-state index in [1.54, 1.807) is 42.7 Å². The van der Waals surface area contributed by atoms with Crippen LogP contribution >= 0.6 is 0 Å². The van der Waals surface area contributed by atoms with Gasteiger partial charge in [0.25, 0.3) is 11.4 Å². The molecule has 0 aliphatic rings. The number of nitro groups is 2. The van der Waals surface area contributed by atoms with E-state index in [0.717, 1.165) is 5.56 Å². The fourth-order valence-electron chi connectivity index (χ4n) is 2.76. The highest BCUT2D eigenvalue weighted by molar-refractivity contribution is 5.48. The number of aromatic nitrogens is 1. The van der Waals surface area contributed by atoms with E-state index < -0.39 is 15.8 Å². The highest BCUT2D eigenvalue weighted by Crippen LogP contribution is 2.34. The van der Waals surface area contributed by atoms with E-state index in [2.05, 4.69) is 4.98 Å². The summed E-state index contributed by atoms with van der Waals surface area (Å²) in [5, 5.41) is 22.2. The first-order chi connectivity index (χ1) is 12.1. The number of non-ortho nitro benzene ring substituents is 2. The summed E-state index contributed by atoms with van der Waals surface area (Å²) in [6, 6.07) is 16.1. The van der Waals surface area contributed by atoms with Gasteiger partial charge in [0.15, 0.2) is 0 Å². The SMILES string of the molecule is O=[N+]([O-])c1cccc(C(c2cccnc2)c2cccc([N+](=O)[O-])c2)c1. The van der Waals surface area contributed by atoms with Crippen molar-refractivity contribution in [1.29, 1.82) is 0 Å². The van der Waals surface area contributed by atoms with Crippen LogP contribution in [0.15, 0.2) is 73.1 Å². The van der Waals surface area contributed by atoms with Gasteiger partial charge in [-0.15, -0.1) is 0 Å². The van der Waals surface area contributed by atoms with Crippen LogP contribution in [-0.2, 0) is 0 Å². The Morgan fingerprint density at radius 3 is 1.72 bits per heavy atom. The Hall–Kier alpha value is -3.61. The van der Waals surface area contributed by atoms with Crippen molar-refractivity contribution in [2.24, 2.45) is 0 Å². The average molecular weight is 335 g/mol. The zero-order chi connectivity index (χ0) is 17.8. The zero-order valence-corrected chi connectivity index (χ0v) is 13.0. The minimum Gasteiger partial charge on any atom is -0.264 e. The molecular weight excluding hydrogens is 322 g/mol. The molecule has 0 fully saturated rings. The van der Waals surface area contributed by atoms with Crippen LogP contribution in [0.1, 0.15) is 22.6 Å². The van der Waals surface area contributed by atoms with Crippen LogP contribution in [0, 0.1) is 20.2 Å². The predicted octanol–water partition coefficient (Wildman–Crippen LogP) is 4.08. The topological polar surface area (TPSA) is 99.2 Å². The molecule has 7 nitrogen and oxygen atoms in total. The summed E-state index contributed by atoms with van der Waals surface area (Å²) in [5.74, 6) is -0.395. The number of pyridine rings is 1. The lowest BCUT2D eigenvalue weighted by atomic mass is 9.85. The maximum absolute atomic E-state index is 11.1. The molecule has 25 heavy (non-hydrogen) atoms. The standard InChI is InChI=1S/C18H13N3O4/c22-20(23)16-7-1-4-13(10-16)18(15-6-3-9-19-12-15)14-5-2-8-17(11-14)21(24)25/h1-12,18H. The summed E-state index contributed by atoms with van der Waals surface area (Å²) in [6.07, 6.45) is 3.28. The third-order valence-electron chi connectivity index (χ3n) is 3.85. The van der Waals surface area contributed by atoms with Gasteiger partial charge in [0, 0.05) is 42.6 Å². The van der Waals surface area contributed by atoms with Crippen molar-refractivity contribution >= 4 is 11.4 Å². The van der Waals surface area contributed by atoms with Crippen molar-refractivity contribution in [3.63, 3.8) is 0 Å². The molecule has 0 bridgehead atoms. The molecule has 2 aromatic carbocycles. The predicted molar refractivity (Wildman–Crippen MR) is 91.4 cm³/mol. The summed E-state index contributed by atoms with van der Waals surface area (Å²) in [6.45, 7) is 0. The van der Waals surface area contributed by atoms with Gasteiger partial charge in [0.05, 0.1) is 9.85 Å². The molecule has 1 heterocycles. The zero-order valence-electron chi connectivity index (χ0n) is 13.0. The molecule has 0 N–H and O–H groups in total. The number of nitrogens with zero attached hydrogens (tertiary/aromatic N) is 3. The second-order valence-electron chi connectivity index (χ2n) is 5.42. The quantitative estimate of drug-likeness (QED) is 0.517. The lowest BCUT2D eigenvalue weighted by Crippen LogP contribution is -2.05. The van der Waals surface area contributed by atoms with Crippen molar-refractivity contribution in [2.75, 3.05) is 0 Å². The van der Waals surface area contributed by atoms with E-state index >= 15 is 0 Å². The number of hydrogen-bond acceptors (Lipinski definition) is 5. The largest absolute Gasteiger partial charge is 0.269 e. The first-order valence-electron chi connectivity index (χ1n) is 7.45. The molecule has 0 unspecified atom stereocenters. The van der Waals surface area contributed by atoms with Crippen molar-refractivity contribution in [3.8, 4) is 0 Å². The number of nitro benzene ring substituents is 2. The third kappa shape index (κ3) is 3.50. The van der Waals surface area contributed by atoms with E-state index in [0.29, 0.717) is 11.1 Å². The normalized spacial score (nSPS) is 10.6. The summed E-state index contributed by atoms with van der Waals surface area (Å²) >= 11 is 0. The Labute approximate surface area is 142 Å². The average Bonchev–Trinajstić information content (AvgIpc) is 2.63. The van der Waals surface area contributed by atoms with Gasteiger partial charge >= 0.3 is 0 Å². The lowest BCUT2D eigenvalue weighted by molar-refractivity contribution is -0.385. The molecule has 7 heteroatoms. The number of rotatable bonds is 5. The number of benzene rings is 2. The van der Waals surface area contributed by atoms with Crippen LogP contribution in [0.3, 0.4) is 0 Å². The minimum absolute atomic E-state index is 0.0307. The Morgan fingerprint density at radius 1 is 0.760 bits per heavy atom. The fourth-order valence-corrected chi connectivity index (χ4v) is 2.76. The highest BCUT2D eigenvalue weighted by atomic mass is 16.6. The Morgan fingerprint density at radius 2 is 1.28 bits per heavy atom. The van der Waals surface area contributed by atoms with Crippen molar-refractivity contribution < 1.29 is 9.85 Å². The molecule has 3 aromatic rings. The van der Waals surface area contributed by atoms with Gasteiger partial charge in [-0.05, 0) is 22.8 Å². The van der Waals surface area contributed by atoms with E-state index in [9.17, 15) is 20.2 Å². The maximum Gasteiger partial charge on any atom is 0.269 e. The van der Waals surface area contributed by atoms with Crippen LogP contribution in [0.25, 0.3) is 0 Å². The molecule has 0 saturated heterocycles. The highest BCUT2D eigenvalue weighted by Gasteiger charge is 2.21. The van der Waals surface area contributed by atoms with E-state index in [4.69, 9.17) is 0 Å². The van der Waals surface area contributed by atoms with Crippen molar-refractivity contribution in [3.05, 3.63) is 110 Å². The molecule has 0 amide bonds.